The minimum absolute atomic E-state index is 0.473. The Morgan fingerprint density at radius 3 is 2.82 bits per heavy atom. The van der Waals surface area contributed by atoms with E-state index in [9.17, 15) is 9.90 Å². The average Bonchev–Trinajstić information content (AvgIpc) is 2.05. The molecule has 60 valence electrons. The van der Waals surface area contributed by atoms with Crippen LogP contribution in [0.4, 0.5) is 0 Å². The van der Waals surface area contributed by atoms with Crippen LogP contribution >= 0.6 is 0 Å². The Kier molecular flexibility index (Phi) is 2.22. The van der Waals surface area contributed by atoms with Gasteiger partial charge in [-0.3, -0.25) is 4.79 Å². The topological polar surface area (TPSA) is 46.5 Å². The van der Waals surface area contributed by atoms with Crippen molar-refractivity contribution in [1.29, 1.82) is 0 Å². The van der Waals surface area contributed by atoms with Gasteiger partial charge in [0.1, 0.15) is 6.10 Å². The van der Waals surface area contributed by atoms with Gasteiger partial charge in [0.25, 0.3) is 0 Å². The maximum absolute atomic E-state index is 10.4. The van der Waals surface area contributed by atoms with E-state index in [0.29, 0.717) is 6.29 Å². The fraction of sp³-hybridized carbons (Fsp3) is 0.375. The van der Waals surface area contributed by atoms with E-state index < -0.39 is 11.7 Å². The van der Waals surface area contributed by atoms with Crippen molar-refractivity contribution < 1.29 is 14.6 Å². The lowest BCUT2D eigenvalue weighted by molar-refractivity contribution is -0.128. The third-order valence-corrected chi connectivity index (χ3v) is 1.66. The third kappa shape index (κ3) is 1.39. The fourth-order valence-corrected chi connectivity index (χ4v) is 0.997. The number of carbonyl (C=O) groups excluding carboxylic acids is 1. The molecule has 0 aromatic carbocycles. The van der Waals surface area contributed by atoms with Crippen molar-refractivity contribution in [2.24, 2.45) is 0 Å². The standard InChI is InChI=1S/C8H10O3/c1-11-7-4-2-3-5-8(7,10)6-9/h2-7,10H,1H3. The van der Waals surface area contributed by atoms with Crippen molar-refractivity contribution in [2.45, 2.75) is 11.7 Å². The van der Waals surface area contributed by atoms with Gasteiger partial charge in [0.05, 0.1) is 0 Å². The summed E-state index contributed by atoms with van der Waals surface area (Å²) in [6.07, 6.45) is 6.30. The molecule has 2 unspecified atom stereocenters. The van der Waals surface area contributed by atoms with Gasteiger partial charge in [-0.2, -0.15) is 0 Å². The van der Waals surface area contributed by atoms with Crippen LogP contribution in [0.3, 0.4) is 0 Å². The third-order valence-electron chi connectivity index (χ3n) is 1.66. The predicted molar refractivity (Wildman–Crippen MR) is 40.1 cm³/mol. The molecular formula is C8H10O3. The maximum atomic E-state index is 10.4. The summed E-state index contributed by atoms with van der Waals surface area (Å²) in [5, 5.41) is 9.51. The molecule has 3 heteroatoms. The van der Waals surface area contributed by atoms with Gasteiger partial charge >= 0.3 is 0 Å². The highest BCUT2D eigenvalue weighted by atomic mass is 16.5. The van der Waals surface area contributed by atoms with Crippen LogP contribution in [0.2, 0.25) is 0 Å². The van der Waals surface area contributed by atoms with Crippen molar-refractivity contribution in [3.05, 3.63) is 24.3 Å². The number of aliphatic hydroxyl groups is 1. The lowest BCUT2D eigenvalue weighted by atomic mass is 9.94. The number of methoxy groups -OCH3 is 1. The molecule has 0 aromatic heterocycles. The molecular weight excluding hydrogens is 144 g/mol. The molecule has 11 heavy (non-hydrogen) atoms. The highest BCUT2D eigenvalue weighted by Gasteiger charge is 2.33. The van der Waals surface area contributed by atoms with Gasteiger partial charge in [-0.05, 0) is 6.08 Å². The first-order valence-electron chi connectivity index (χ1n) is 3.30. The van der Waals surface area contributed by atoms with Gasteiger partial charge in [-0.15, -0.1) is 0 Å². The summed E-state index contributed by atoms with van der Waals surface area (Å²) >= 11 is 0. The lowest BCUT2D eigenvalue weighted by Gasteiger charge is -2.26. The summed E-state index contributed by atoms with van der Waals surface area (Å²) in [5.74, 6) is 0. The molecule has 0 aromatic rings. The van der Waals surface area contributed by atoms with E-state index in [0.717, 1.165) is 0 Å². The number of allylic oxidation sites excluding steroid dienone is 2. The van der Waals surface area contributed by atoms with E-state index in [4.69, 9.17) is 4.74 Å². The molecule has 0 saturated heterocycles. The zero-order chi connectivity index (χ0) is 8.32. The SMILES string of the molecule is COC1C=CC=CC1(O)C=O. The Morgan fingerprint density at radius 1 is 1.64 bits per heavy atom. The maximum Gasteiger partial charge on any atom is 0.168 e. The molecule has 2 atom stereocenters. The molecule has 0 amide bonds. The van der Waals surface area contributed by atoms with Gasteiger partial charge in [-0.25, -0.2) is 0 Å². The molecule has 1 aliphatic carbocycles. The normalized spacial score (nSPS) is 35.6. The van der Waals surface area contributed by atoms with Crippen LogP contribution < -0.4 is 0 Å². The van der Waals surface area contributed by atoms with Gasteiger partial charge < -0.3 is 9.84 Å². The Labute approximate surface area is 65.0 Å². The molecule has 1 rings (SSSR count). The first kappa shape index (κ1) is 8.17. The summed E-state index contributed by atoms with van der Waals surface area (Å²) in [6, 6.07) is 0. The lowest BCUT2D eigenvalue weighted by Crippen LogP contribution is -2.43. The summed E-state index contributed by atoms with van der Waals surface area (Å²) in [5.41, 5.74) is -1.48. The van der Waals surface area contributed by atoms with Crippen LogP contribution in [0.1, 0.15) is 0 Å². The number of aldehydes is 1. The minimum Gasteiger partial charge on any atom is -0.375 e. The minimum atomic E-state index is -1.48. The van der Waals surface area contributed by atoms with E-state index in [1.54, 1.807) is 18.2 Å². The first-order chi connectivity index (χ1) is 5.23. The van der Waals surface area contributed by atoms with Crippen LogP contribution in [0, 0.1) is 0 Å². The predicted octanol–water partition coefficient (Wildman–Crippen LogP) is 0.0574. The van der Waals surface area contributed by atoms with Crippen molar-refractivity contribution >= 4 is 6.29 Å². The van der Waals surface area contributed by atoms with Crippen molar-refractivity contribution in [1.82, 2.24) is 0 Å². The first-order valence-corrected chi connectivity index (χ1v) is 3.30. The number of carbonyl (C=O) groups is 1. The molecule has 1 N–H and O–H groups in total. The Morgan fingerprint density at radius 2 is 2.36 bits per heavy atom. The smallest absolute Gasteiger partial charge is 0.168 e. The second-order valence-corrected chi connectivity index (χ2v) is 2.41. The molecule has 0 spiro atoms. The van der Waals surface area contributed by atoms with Crippen molar-refractivity contribution in [2.75, 3.05) is 7.11 Å². The molecule has 0 aliphatic heterocycles. The zero-order valence-corrected chi connectivity index (χ0v) is 6.23. The number of rotatable bonds is 2. The molecule has 3 nitrogen and oxygen atoms in total. The highest BCUT2D eigenvalue weighted by Crippen LogP contribution is 2.17. The Balaban J connectivity index is 2.86. The van der Waals surface area contributed by atoms with E-state index in [-0.39, 0.29) is 0 Å². The largest absolute Gasteiger partial charge is 0.375 e. The van der Waals surface area contributed by atoms with Crippen LogP contribution in [-0.4, -0.2) is 30.2 Å². The van der Waals surface area contributed by atoms with E-state index in [2.05, 4.69) is 0 Å². The second-order valence-electron chi connectivity index (χ2n) is 2.41. The molecule has 1 aliphatic rings. The van der Waals surface area contributed by atoms with Gasteiger partial charge in [0.15, 0.2) is 11.9 Å². The average molecular weight is 154 g/mol. The summed E-state index contributed by atoms with van der Waals surface area (Å²) in [7, 11) is 1.45. The van der Waals surface area contributed by atoms with Crippen molar-refractivity contribution in [3.63, 3.8) is 0 Å². The molecule has 0 bridgehead atoms. The van der Waals surface area contributed by atoms with Crippen LogP contribution in [0.5, 0.6) is 0 Å². The molecule has 0 radical (unpaired) electrons. The van der Waals surface area contributed by atoms with Crippen LogP contribution in [-0.2, 0) is 9.53 Å². The monoisotopic (exact) mass is 154 g/mol. The van der Waals surface area contributed by atoms with E-state index >= 15 is 0 Å². The Bertz CT molecular complexity index is 207. The Hall–Kier alpha value is -0.930. The van der Waals surface area contributed by atoms with E-state index in [1.165, 1.54) is 13.2 Å². The quantitative estimate of drug-likeness (QED) is 0.572. The van der Waals surface area contributed by atoms with Crippen molar-refractivity contribution in [3.8, 4) is 0 Å². The number of ether oxygens (including phenoxy) is 1. The number of hydrogen-bond donors (Lipinski definition) is 1. The summed E-state index contributed by atoms with van der Waals surface area (Å²) in [6.45, 7) is 0. The second kappa shape index (κ2) is 2.98. The molecule has 0 saturated carbocycles. The van der Waals surface area contributed by atoms with Gasteiger partial charge in [0.2, 0.25) is 0 Å². The summed E-state index contributed by atoms with van der Waals surface area (Å²) < 4.78 is 4.88. The zero-order valence-electron chi connectivity index (χ0n) is 6.23. The van der Waals surface area contributed by atoms with Gasteiger partial charge in [-0.1, -0.05) is 18.2 Å². The molecule has 0 heterocycles. The number of hydrogen-bond acceptors (Lipinski definition) is 3. The fourth-order valence-electron chi connectivity index (χ4n) is 0.997. The van der Waals surface area contributed by atoms with Crippen LogP contribution in [0.15, 0.2) is 24.3 Å². The highest BCUT2D eigenvalue weighted by molar-refractivity contribution is 5.68. The van der Waals surface area contributed by atoms with E-state index in [1.807, 2.05) is 0 Å². The summed E-state index contributed by atoms with van der Waals surface area (Å²) in [4.78, 5) is 10.4. The van der Waals surface area contributed by atoms with Crippen LogP contribution in [0.25, 0.3) is 0 Å². The molecule has 0 fully saturated rings. The van der Waals surface area contributed by atoms with Gasteiger partial charge in [0, 0.05) is 7.11 Å².